The lowest BCUT2D eigenvalue weighted by Gasteiger charge is -2.00. The maximum atomic E-state index is 10.4. The molecule has 0 saturated heterocycles. The van der Waals surface area contributed by atoms with Gasteiger partial charge in [-0.05, 0) is 36.4 Å². The van der Waals surface area contributed by atoms with Gasteiger partial charge in [0.25, 0.3) is 0 Å². The Hall–Kier alpha value is -3.41. The maximum Gasteiger partial charge on any atom is 0.335 e. The zero-order valence-corrected chi connectivity index (χ0v) is 12.9. The average molecular weight is 324 g/mol. The van der Waals surface area contributed by atoms with E-state index < -0.39 is 11.9 Å². The van der Waals surface area contributed by atoms with E-state index in [-0.39, 0.29) is 11.1 Å². The molecule has 0 unspecified atom stereocenters. The number of pyridine rings is 1. The monoisotopic (exact) mass is 324 g/mol. The fourth-order valence-electron chi connectivity index (χ4n) is 1.99. The molecule has 1 aromatic heterocycles. The minimum atomic E-state index is -1.13. The highest BCUT2D eigenvalue weighted by Gasteiger charge is 2.06. The number of carbonyl (C=O) groups is 2. The summed E-state index contributed by atoms with van der Waals surface area (Å²) >= 11 is 0. The molecule has 0 aliphatic rings. The van der Waals surface area contributed by atoms with Crippen LogP contribution in [0.3, 0.4) is 0 Å². The van der Waals surface area contributed by atoms with E-state index in [0.717, 1.165) is 17.4 Å². The van der Waals surface area contributed by atoms with E-state index in [1.54, 1.807) is 0 Å². The molecule has 1 heterocycles. The van der Waals surface area contributed by atoms with Crippen molar-refractivity contribution < 1.29 is 19.8 Å². The van der Waals surface area contributed by atoms with Crippen molar-refractivity contribution in [3.05, 3.63) is 71.8 Å². The minimum absolute atomic E-state index is 0.0186. The molecule has 0 aliphatic heterocycles. The van der Waals surface area contributed by atoms with Crippen molar-refractivity contribution in [1.82, 2.24) is 4.98 Å². The number of hydrogen-bond donors (Lipinski definition) is 3. The number of carboxylic acids is 2. The van der Waals surface area contributed by atoms with Crippen molar-refractivity contribution in [3.63, 3.8) is 0 Å². The maximum absolute atomic E-state index is 10.4. The van der Waals surface area contributed by atoms with Gasteiger partial charge in [-0.2, -0.15) is 0 Å². The van der Waals surface area contributed by atoms with Gasteiger partial charge >= 0.3 is 11.9 Å². The number of anilines is 1. The molecule has 0 saturated carbocycles. The standard InChI is InChI=1S/C10H10N2.C8H6O4/c1-11-10-7-6-8-4-2-3-5-9(8)12-10;9-7(10)5-2-1-3-6(4-5)8(11)12/h2-7H,1H3,(H,11,12);1-4H,(H,9,10)(H,11,12). The van der Waals surface area contributed by atoms with E-state index in [1.807, 2.05) is 31.3 Å². The van der Waals surface area contributed by atoms with E-state index in [2.05, 4.69) is 22.4 Å². The third-order valence-electron chi connectivity index (χ3n) is 3.21. The molecule has 3 rings (SSSR count). The van der Waals surface area contributed by atoms with Crippen molar-refractivity contribution in [1.29, 1.82) is 0 Å². The van der Waals surface area contributed by atoms with Gasteiger partial charge in [0.15, 0.2) is 0 Å². The molecule has 0 amide bonds. The van der Waals surface area contributed by atoms with Crippen LogP contribution in [-0.4, -0.2) is 34.2 Å². The number of aromatic nitrogens is 1. The molecular weight excluding hydrogens is 308 g/mol. The Balaban J connectivity index is 0.000000174. The van der Waals surface area contributed by atoms with Gasteiger partial charge in [-0.25, -0.2) is 14.6 Å². The Kier molecular flexibility index (Phi) is 5.46. The zero-order valence-electron chi connectivity index (χ0n) is 12.9. The number of carboxylic acid groups (broad SMARTS) is 2. The summed E-state index contributed by atoms with van der Waals surface area (Å²) in [5.41, 5.74) is 0.995. The molecule has 122 valence electrons. The molecule has 3 N–H and O–H groups in total. The molecule has 6 nitrogen and oxygen atoms in total. The first-order valence-electron chi connectivity index (χ1n) is 7.11. The van der Waals surface area contributed by atoms with Crippen LogP contribution in [0.1, 0.15) is 20.7 Å². The Labute approximate surface area is 138 Å². The van der Waals surface area contributed by atoms with Gasteiger partial charge in [0.1, 0.15) is 5.82 Å². The molecular formula is C18H16N2O4. The van der Waals surface area contributed by atoms with E-state index in [9.17, 15) is 9.59 Å². The van der Waals surface area contributed by atoms with E-state index in [1.165, 1.54) is 23.6 Å². The van der Waals surface area contributed by atoms with Crippen LogP contribution in [0.2, 0.25) is 0 Å². The number of nitrogens with one attached hydrogen (secondary N) is 1. The molecule has 0 spiro atoms. The summed E-state index contributed by atoms with van der Waals surface area (Å²) in [4.78, 5) is 25.1. The number of rotatable bonds is 3. The van der Waals surface area contributed by atoms with E-state index in [0.29, 0.717) is 0 Å². The number of fused-ring (bicyclic) bond motifs is 1. The first-order chi connectivity index (χ1) is 11.5. The largest absolute Gasteiger partial charge is 0.478 e. The summed E-state index contributed by atoms with van der Waals surface area (Å²) in [5, 5.41) is 21.2. The van der Waals surface area contributed by atoms with Gasteiger partial charge in [-0.3, -0.25) is 0 Å². The smallest absolute Gasteiger partial charge is 0.335 e. The number of para-hydroxylation sites is 1. The van der Waals surface area contributed by atoms with Gasteiger partial charge in [-0.15, -0.1) is 0 Å². The number of aromatic carboxylic acids is 2. The van der Waals surface area contributed by atoms with Crippen LogP contribution in [-0.2, 0) is 0 Å². The van der Waals surface area contributed by atoms with Crippen LogP contribution >= 0.6 is 0 Å². The van der Waals surface area contributed by atoms with Gasteiger partial charge in [0, 0.05) is 12.4 Å². The van der Waals surface area contributed by atoms with Crippen molar-refractivity contribution in [3.8, 4) is 0 Å². The molecule has 0 bridgehead atoms. The number of hydrogen-bond acceptors (Lipinski definition) is 4. The molecule has 0 atom stereocenters. The van der Waals surface area contributed by atoms with Gasteiger partial charge in [-0.1, -0.05) is 24.3 Å². The highest BCUT2D eigenvalue weighted by Crippen LogP contribution is 2.13. The highest BCUT2D eigenvalue weighted by molar-refractivity contribution is 5.93. The SMILES string of the molecule is CNc1ccc2ccccc2n1.O=C(O)c1cccc(C(=O)O)c1. The normalized spacial score (nSPS) is 9.71. The highest BCUT2D eigenvalue weighted by atomic mass is 16.4. The quantitative estimate of drug-likeness (QED) is 0.683. The Bertz CT molecular complexity index is 848. The fraction of sp³-hybridized carbons (Fsp3) is 0.0556. The lowest BCUT2D eigenvalue weighted by atomic mass is 10.1. The average Bonchev–Trinajstić information content (AvgIpc) is 2.61. The van der Waals surface area contributed by atoms with Crippen molar-refractivity contribution in [2.24, 2.45) is 0 Å². The van der Waals surface area contributed by atoms with Gasteiger partial charge in [0.2, 0.25) is 0 Å². The van der Waals surface area contributed by atoms with Gasteiger partial charge in [0.05, 0.1) is 16.6 Å². The summed E-state index contributed by atoms with van der Waals surface area (Å²) < 4.78 is 0. The van der Waals surface area contributed by atoms with Crippen LogP contribution in [0, 0.1) is 0 Å². The third-order valence-corrected chi connectivity index (χ3v) is 3.21. The summed E-state index contributed by atoms with van der Waals surface area (Å²) in [7, 11) is 1.87. The van der Waals surface area contributed by atoms with Crippen molar-refractivity contribution in [2.75, 3.05) is 12.4 Å². The molecule has 0 aliphatic carbocycles. The predicted molar refractivity (Wildman–Crippen MR) is 91.7 cm³/mol. The molecule has 24 heavy (non-hydrogen) atoms. The number of nitrogens with zero attached hydrogens (tertiary/aromatic N) is 1. The topological polar surface area (TPSA) is 99.5 Å². The third kappa shape index (κ3) is 4.30. The Morgan fingerprint density at radius 2 is 1.50 bits per heavy atom. The Morgan fingerprint density at radius 3 is 2.08 bits per heavy atom. The first kappa shape index (κ1) is 17.0. The first-order valence-corrected chi connectivity index (χ1v) is 7.11. The van der Waals surface area contributed by atoms with Crippen LogP contribution in [0.15, 0.2) is 60.7 Å². The second-order valence-corrected chi connectivity index (χ2v) is 4.83. The minimum Gasteiger partial charge on any atom is -0.478 e. The predicted octanol–water partition coefficient (Wildman–Crippen LogP) is 3.36. The fourth-order valence-corrected chi connectivity index (χ4v) is 1.99. The second-order valence-electron chi connectivity index (χ2n) is 4.83. The summed E-state index contributed by atoms with van der Waals surface area (Å²) in [6, 6.07) is 17.3. The van der Waals surface area contributed by atoms with Crippen LogP contribution in [0.5, 0.6) is 0 Å². The second kappa shape index (κ2) is 7.73. The molecule has 3 aromatic rings. The van der Waals surface area contributed by atoms with Gasteiger partial charge < -0.3 is 15.5 Å². The summed E-state index contributed by atoms with van der Waals surface area (Å²) in [5.74, 6) is -1.34. The lowest BCUT2D eigenvalue weighted by Crippen LogP contribution is -2.01. The van der Waals surface area contributed by atoms with E-state index in [4.69, 9.17) is 10.2 Å². The van der Waals surface area contributed by atoms with Crippen LogP contribution in [0.4, 0.5) is 5.82 Å². The van der Waals surface area contributed by atoms with Crippen LogP contribution < -0.4 is 5.32 Å². The van der Waals surface area contributed by atoms with Crippen molar-refractivity contribution >= 4 is 28.7 Å². The summed E-state index contributed by atoms with van der Waals surface area (Å²) in [6.45, 7) is 0. The molecule has 0 fully saturated rings. The summed E-state index contributed by atoms with van der Waals surface area (Å²) in [6.07, 6.45) is 0. The number of benzene rings is 2. The molecule has 2 aromatic carbocycles. The Morgan fingerprint density at radius 1 is 0.875 bits per heavy atom. The van der Waals surface area contributed by atoms with Crippen LogP contribution in [0.25, 0.3) is 10.9 Å². The molecule has 6 heteroatoms. The lowest BCUT2D eigenvalue weighted by molar-refractivity contribution is 0.0696. The van der Waals surface area contributed by atoms with Crippen molar-refractivity contribution in [2.45, 2.75) is 0 Å². The zero-order chi connectivity index (χ0) is 17.5. The van der Waals surface area contributed by atoms with E-state index >= 15 is 0 Å². The molecule has 0 radical (unpaired) electrons.